The number of rotatable bonds is 6. The van der Waals surface area contributed by atoms with Crippen LogP contribution in [0.2, 0.25) is 10.0 Å². The van der Waals surface area contributed by atoms with Crippen LogP contribution >= 0.6 is 23.2 Å². The average molecular weight is 502 g/mol. The molecular formula is C23H17Cl2N3O6. The van der Waals surface area contributed by atoms with Gasteiger partial charge in [0.1, 0.15) is 6.54 Å². The van der Waals surface area contributed by atoms with Gasteiger partial charge in [0, 0.05) is 22.7 Å². The molecule has 0 bridgehead atoms. The van der Waals surface area contributed by atoms with E-state index in [2.05, 4.69) is 0 Å². The summed E-state index contributed by atoms with van der Waals surface area (Å²) < 4.78 is 0. The lowest BCUT2D eigenvalue weighted by molar-refractivity contribution is -0.384. The van der Waals surface area contributed by atoms with Crippen LogP contribution in [0.3, 0.4) is 0 Å². The topological polar surface area (TPSA) is 118 Å². The first-order valence-electron chi connectivity index (χ1n) is 10.3. The van der Waals surface area contributed by atoms with Crippen LogP contribution in [0.25, 0.3) is 0 Å². The van der Waals surface area contributed by atoms with E-state index in [0.717, 1.165) is 22.2 Å². The molecule has 1 aliphatic heterocycles. The highest BCUT2D eigenvalue weighted by atomic mass is 35.5. The number of nitro benzene ring substituents is 1. The van der Waals surface area contributed by atoms with Gasteiger partial charge in [0.15, 0.2) is 5.78 Å². The first-order valence-corrected chi connectivity index (χ1v) is 11.0. The first-order chi connectivity index (χ1) is 16.2. The van der Waals surface area contributed by atoms with E-state index in [4.69, 9.17) is 23.2 Å². The third-order valence-electron chi connectivity index (χ3n) is 5.82. The Morgan fingerprint density at radius 3 is 2.12 bits per heavy atom. The number of hydrazine groups is 1. The fourth-order valence-electron chi connectivity index (χ4n) is 4.05. The second-order valence-corrected chi connectivity index (χ2v) is 8.70. The zero-order valence-corrected chi connectivity index (χ0v) is 19.0. The predicted octanol–water partition coefficient (Wildman–Crippen LogP) is 4.09. The Morgan fingerprint density at radius 1 is 1.00 bits per heavy atom. The largest absolute Gasteiger partial charge is 0.292 e. The number of carbonyl (C=O) groups is 4. The minimum absolute atomic E-state index is 0.0107. The second kappa shape index (κ2) is 9.36. The maximum absolute atomic E-state index is 13.5. The van der Waals surface area contributed by atoms with E-state index in [1.54, 1.807) is 12.2 Å². The van der Waals surface area contributed by atoms with E-state index < -0.39 is 46.8 Å². The number of Topliss-reactive ketones (excluding diaryl/α,β-unsaturated/α-hetero) is 1. The van der Waals surface area contributed by atoms with Crippen LogP contribution < -0.4 is 0 Å². The fourth-order valence-corrected chi connectivity index (χ4v) is 4.54. The zero-order chi connectivity index (χ0) is 24.6. The molecule has 1 saturated heterocycles. The molecule has 4 rings (SSSR count). The Kier molecular flexibility index (Phi) is 6.49. The molecule has 0 radical (unpaired) electrons. The summed E-state index contributed by atoms with van der Waals surface area (Å²) in [7, 11) is 0. The summed E-state index contributed by atoms with van der Waals surface area (Å²) in [5.41, 5.74) is -0.182. The Labute approximate surface area is 203 Å². The summed E-state index contributed by atoms with van der Waals surface area (Å²) in [6.45, 7) is -0.653. The number of non-ortho nitro benzene ring substituents is 1. The van der Waals surface area contributed by atoms with Crippen molar-refractivity contribution in [1.29, 1.82) is 0 Å². The van der Waals surface area contributed by atoms with Crippen LogP contribution in [0.5, 0.6) is 0 Å². The molecule has 0 aromatic heterocycles. The van der Waals surface area contributed by atoms with Gasteiger partial charge in [0.2, 0.25) is 0 Å². The van der Waals surface area contributed by atoms with Gasteiger partial charge >= 0.3 is 0 Å². The smallest absolute Gasteiger partial charge is 0.274 e. The van der Waals surface area contributed by atoms with Gasteiger partial charge < -0.3 is 0 Å². The number of benzene rings is 2. The molecule has 2 aliphatic rings. The van der Waals surface area contributed by atoms with Gasteiger partial charge in [-0.1, -0.05) is 35.4 Å². The summed E-state index contributed by atoms with van der Waals surface area (Å²) in [5, 5.41) is 12.7. The normalized spacial score (nSPS) is 19.2. The molecule has 2 aromatic carbocycles. The summed E-state index contributed by atoms with van der Waals surface area (Å²) in [6, 6.07) is 8.91. The van der Waals surface area contributed by atoms with E-state index in [1.807, 2.05) is 0 Å². The lowest BCUT2D eigenvalue weighted by atomic mass is 9.85. The molecule has 2 aromatic rings. The van der Waals surface area contributed by atoms with Crippen molar-refractivity contribution in [3.05, 3.63) is 85.9 Å². The maximum Gasteiger partial charge on any atom is 0.274 e. The summed E-state index contributed by atoms with van der Waals surface area (Å²) in [5.74, 6) is -3.85. The van der Waals surface area contributed by atoms with E-state index in [9.17, 15) is 29.3 Å². The molecule has 1 fully saturated rings. The van der Waals surface area contributed by atoms with Crippen molar-refractivity contribution in [3.63, 3.8) is 0 Å². The average Bonchev–Trinajstić information content (AvgIpc) is 3.07. The van der Waals surface area contributed by atoms with E-state index >= 15 is 0 Å². The lowest BCUT2D eigenvalue weighted by Gasteiger charge is -2.30. The van der Waals surface area contributed by atoms with Crippen LogP contribution in [-0.4, -0.2) is 45.0 Å². The second-order valence-electron chi connectivity index (χ2n) is 7.86. The lowest BCUT2D eigenvalue weighted by Crippen LogP contribution is -2.52. The van der Waals surface area contributed by atoms with Crippen LogP contribution in [0.4, 0.5) is 5.69 Å². The molecule has 34 heavy (non-hydrogen) atoms. The molecule has 1 heterocycles. The van der Waals surface area contributed by atoms with Gasteiger partial charge in [-0.05, 0) is 43.2 Å². The van der Waals surface area contributed by atoms with Crippen LogP contribution in [0, 0.1) is 22.0 Å². The Morgan fingerprint density at radius 2 is 1.59 bits per heavy atom. The Bertz CT molecular complexity index is 1220. The van der Waals surface area contributed by atoms with Crippen molar-refractivity contribution in [3.8, 4) is 0 Å². The quantitative estimate of drug-likeness (QED) is 0.193. The Hall–Kier alpha value is -3.56. The number of nitrogens with zero attached hydrogens (tertiary/aromatic N) is 3. The minimum atomic E-state index is -0.828. The molecule has 9 nitrogen and oxygen atoms in total. The molecule has 0 saturated carbocycles. The molecule has 1 aliphatic carbocycles. The van der Waals surface area contributed by atoms with Gasteiger partial charge in [-0.15, -0.1) is 0 Å². The highest BCUT2D eigenvalue weighted by Gasteiger charge is 2.51. The summed E-state index contributed by atoms with van der Waals surface area (Å²) >= 11 is 12.1. The van der Waals surface area contributed by atoms with E-state index in [0.29, 0.717) is 12.8 Å². The minimum Gasteiger partial charge on any atom is -0.292 e. The fraction of sp³-hybridized carbons (Fsp3) is 0.217. The van der Waals surface area contributed by atoms with Crippen molar-refractivity contribution >= 4 is 52.4 Å². The summed E-state index contributed by atoms with van der Waals surface area (Å²) in [4.78, 5) is 63.0. The number of halogens is 2. The van der Waals surface area contributed by atoms with Crippen LogP contribution in [0.1, 0.15) is 33.6 Å². The van der Waals surface area contributed by atoms with Crippen molar-refractivity contribution in [2.75, 3.05) is 6.54 Å². The first kappa shape index (κ1) is 23.6. The van der Waals surface area contributed by atoms with Crippen molar-refractivity contribution in [2.24, 2.45) is 11.8 Å². The van der Waals surface area contributed by atoms with Gasteiger partial charge in [-0.2, -0.15) is 5.01 Å². The molecule has 0 N–H and O–H groups in total. The van der Waals surface area contributed by atoms with E-state index in [1.165, 1.54) is 30.3 Å². The molecule has 0 unspecified atom stereocenters. The van der Waals surface area contributed by atoms with Crippen LogP contribution in [-0.2, 0) is 9.59 Å². The van der Waals surface area contributed by atoms with Gasteiger partial charge in [0.05, 0.1) is 27.3 Å². The predicted molar refractivity (Wildman–Crippen MR) is 122 cm³/mol. The highest BCUT2D eigenvalue weighted by Crippen LogP contribution is 2.36. The Balaban J connectivity index is 1.70. The number of hydrogen-bond acceptors (Lipinski definition) is 6. The number of ketones is 1. The third-order valence-corrected chi connectivity index (χ3v) is 6.36. The van der Waals surface area contributed by atoms with Crippen molar-refractivity contribution in [1.82, 2.24) is 10.0 Å². The monoisotopic (exact) mass is 501 g/mol. The number of fused-ring (bicyclic) bond motifs is 1. The van der Waals surface area contributed by atoms with E-state index in [-0.39, 0.29) is 26.9 Å². The molecular weight excluding hydrogens is 485 g/mol. The highest BCUT2D eigenvalue weighted by molar-refractivity contribution is 6.36. The summed E-state index contributed by atoms with van der Waals surface area (Å²) in [6.07, 6.45) is 4.32. The molecule has 11 heteroatoms. The van der Waals surface area contributed by atoms with Crippen molar-refractivity contribution in [2.45, 2.75) is 12.8 Å². The SMILES string of the molecule is O=C(CN(C(=O)c1ccc(Cl)cc1Cl)N1C(=O)[C@H]2CC=CC[C@@H]2C1=O)c1ccc([N+](=O)[O-])cc1. The third kappa shape index (κ3) is 4.32. The molecule has 0 spiro atoms. The number of carbonyl (C=O) groups excluding carboxylic acids is 4. The number of imide groups is 1. The number of hydrogen-bond donors (Lipinski definition) is 0. The molecule has 2 atom stereocenters. The molecule has 3 amide bonds. The van der Waals surface area contributed by atoms with Gasteiger partial charge in [0.25, 0.3) is 23.4 Å². The molecule has 174 valence electrons. The van der Waals surface area contributed by atoms with Crippen LogP contribution in [0.15, 0.2) is 54.6 Å². The zero-order valence-electron chi connectivity index (χ0n) is 17.5. The van der Waals surface area contributed by atoms with Crippen molar-refractivity contribution < 1.29 is 24.1 Å². The van der Waals surface area contributed by atoms with Gasteiger partial charge in [-0.25, -0.2) is 5.01 Å². The van der Waals surface area contributed by atoms with Gasteiger partial charge in [-0.3, -0.25) is 29.3 Å². The number of allylic oxidation sites excluding steroid dienone is 2. The number of amides is 3. The maximum atomic E-state index is 13.5. The number of nitro groups is 1. The standard InChI is InChI=1S/C23H17Cl2N3O6/c24-14-7-10-18(19(25)11-14)21(30)26(12-20(29)13-5-8-15(9-6-13)28(33)34)27-22(31)16-3-1-2-4-17(16)23(27)32/h1-2,5-11,16-17H,3-4,12H2/t16-,17-/m0/s1.